The van der Waals surface area contributed by atoms with E-state index in [9.17, 15) is 4.79 Å². The van der Waals surface area contributed by atoms with Crippen LogP contribution in [0, 0.1) is 5.92 Å². The second-order valence-electron chi connectivity index (χ2n) is 4.98. The van der Waals surface area contributed by atoms with Gasteiger partial charge in [-0.1, -0.05) is 20.3 Å². The molecule has 3 nitrogen and oxygen atoms in total. The Hall–Kier alpha value is -1.77. The first-order chi connectivity index (χ1) is 8.61. The molecular formula is C15H20N2O. The van der Waals surface area contributed by atoms with Gasteiger partial charge < -0.3 is 9.88 Å². The summed E-state index contributed by atoms with van der Waals surface area (Å²) in [7, 11) is 1.87. The van der Waals surface area contributed by atoms with Crippen LogP contribution < -0.4 is 0 Å². The Morgan fingerprint density at radius 1 is 1.39 bits per heavy atom. The number of amides is 1. The first-order valence-electron chi connectivity index (χ1n) is 6.44. The maximum absolute atomic E-state index is 12.3. The van der Waals surface area contributed by atoms with Crippen molar-refractivity contribution in [1.29, 1.82) is 0 Å². The lowest BCUT2D eigenvalue weighted by atomic mass is 10.1. The molecule has 0 radical (unpaired) electrons. The largest absolute Gasteiger partial charge is 0.361 e. The molecule has 3 heteroatoms. The molecule has 0 bridgehead atoms. The molecule has 1 heterocycles. The highest BCUT2D eigenvalue weighted by molar-refractivity contribution is 5.97. The van der Waals surface area contributed by atoms with E-state index < -0.39 is 0 Å². The van der Waals surface area contributed by atoms with E-state index in [0.717, 1.165) is 29.4 Å². The second-order valence-corrected chi connectivity index (χ2v) is 4.98. The lowest BCUT2D eigenvalue weighted by Crippen LogP contribution is -2.30. The molecule has 18 heavy (non-hydrogen) atoms. The fourth-order valence-corrected chi connectivity index (χ4v) is 2.09. The quantitative estimate of drug-likeness (QED) is 0.880. The van der Waals surface area contributed by atoms with Crippen LogP contribution >= 0.6 is 0 Å². The average molecular weight is 244 g/mol. The third-order valence-electron chi connectivity index (χ3n) is 3.43. The van der Waals surface area contributed by atoms with Crippen LogP contribution in [0.15, 0.2) is 30.5 Å². The van der Waals surface area contributed by atoms with Crippen LogP contribution in [0.3, 0.4) is 0 Å². The Balaban J connectivity index is 2.16. The maximum atomic E-state index is 12.3. The van der Waals surface area contributed by atoms with Crippen LogP contribution in [0.25, 0.3) is 10.9 Å². The fraction of sp³-hybridized carbons (Fsp3) is 0.400. The summed E-state index contributed by atoms with van der Waals surface area (Å²) in [5.74, 6) is 0.633. The summed E-state index contributed by atoms with van der Waals surface area (Å²) >= 11 is 0. The number of nitrogens with one attached hydrogen (secondary N) is 1. The molecule has 96 valence electrons. The second kappa shape index (κ2) is 5.25. The number of carbonyl (C=O) groups excluding carboxylic acids is 1. The van der Waals surface area contributed by atoms with Gasteiger partial charge in [0.1, 0.15) is 0 Å². The summed E-state index contributed by atoms with van der Waals surface area (Å²) in [6.45, 7) is 5.12. The predicted molar refractivity (Wildman–Crippen MR) is 74.7 cm³/mol. The van der Waals surface area contributed by atoms with Gasteiger partial charge in [-0.3, -0.25) is 4.79 Å². The standard InChI is InChI=1S/C15H20N2O/c1-4-11(2)10-17(3)15(18)13-5-6-14-12(9-13)7-8-16-14/h5-9,11,16H,4,10H2,1-3H3. The summed E-state index contributed by atoms with van der Waals surface area (Å²) in [6.07, 6.45) is 2.98. The molecule has 1 N–H and O–H groups in total. The first-order valence-corrected chi connectivity index (χ1v) is 6.44. The molecule has 0 aliphatic heterocycles. The lowest BCUT2D eigenvalue weighted by molar-refractivity contribution is 0.0775. The number of nitrogens with zero attached hydrogens (tertiary/aromatic N) is 1. The molecule has 0 aliphatic carbocycles. The molecule has 1 atom stereocenters. The highest BCUT2D eigenvalue weighted by Crippen LogP contribution is 2.16. The van der Waals surface area contributed by atoms with Crippen LogP contribution in [0.1, 0.15) is 30.6 Å². The van der Waals surface area contributed by atoms with Crippen molar-refractivity contribution in [3.05, 3.63) is 36.0 Å². The van der Waals surface area contributed by atoms with E-state index in [1.807, 2.05) is 42.4 Å². The van der Waals surface area contributed by atoms with Crippen molar-refractivity contribution in [3.63, 3.8) is 0 Å². The Morgan fingerprint density at radius 3 is 2.89 bits per heavy atom. The van der Waals surface area contributed by atoms with E-state index in [1.54, 1.807) is 0 Å². The number of hydrogen-bond donors (Lipinski definition) is 1. The third-order valence-corrected chi connectivity index (χ3v) is 3.43. The minimum atomic E-state index is 0.0957. The predicted octanol–water partition coefficient (Wildman–Crippen LogP) is 3.29. The van der Waals surface area contributed by atoms with Crippen LogP contribution in [0.5, 0.6) is 0 Å². The van der Waals surface area contributed by atoms with Gasteiger partial charge in [-0.05, 0) is 30.2 Å². The smallest absolute Gasteiger partial charge is 0.253 e. The van der Waals surface area contributed by atoms with Crippen molar-refractivity contribution in [2.75, 3.05) is 13.6 Å². The highest BCUT2D eigenvalue weighted by atomic mass is 16.2. The normalized spacial score (nSPS) is 12.6. The summed E-state index contributed by atoms with van der Waals surface area (Å²) in [5, 5.41) is 1.08. The van der Waals surface area contributed by atoms with Crippen molar-refractivity contribution in [1.82, 2.24) is 9.88 Å². The number of benzene rings is 1. The van der Waals surface area contributed by atoms with Crippen molar-refractivity contribution >= 4 is 16.8 Å². The van der Waals surface area contributed by atoms with E-state index in [2.05, 4.69) is 18.8 Å². The lowest BCUT2D eigenvalue weighted by Gasteiger charge is -2.20. The van der Waals surface area contributed by atoms with Crippen molar-refractivity contribution < 1.29 is 4.79 Å². The molecule has 0 spiro atoms. The van der Waals surface area contributed by atoms with Gasteiger partial charge in [-0.2, -0.15) is 0 Å². The van der Waals surface area contributed by atoms with E-state index in [1.165, 1.54) is 0 Å². The SMILES string of the molecule is CCC(C)CN(C)C(=O)c1ccc2[nH]ccc2c1. The molecule has 0 saturated carbocycles. The zero-order valence-electron chi connectivity index (χ0n) is 11.2. The number of hydrogen-bond acceptors (Lipinski definition) is 1. The number of fused-ring (bicyclic) bond motifs is 1. The number of aromatic amines is 1. The van der Waals surface area contributed by atoms with Gasteiger partial charge in [0.25, 0.3) is 5.91 Å². The van der Waals surface area contributed by atoms with Gasteiger partial charge >= 0.3 is 0 Å². The summed E-state index contributed by atoms with van der Waals surface area (Å²) in [6, 6.07) is 7.77. The molecular weight excluding hydrogens is 224 g/mol. The number of rotatable bonds is 4. The third kappa shape index (κ3) is 2.55. The number of H-pyrrole nitrogens is 1. The van der Waals surface area contributed by atoms with Gasteiger partial charge in [0.15, 0.2) is 0 Å². The van der Waals surface area contributed by atoms with Gasteiger partial charge in [0.2, 0.25) is 0 Å². The van der Waals surface area contributed by atoms with Crippen molar-refractivity contribution in [2.45, 2.75) is 20.3 Å². The zero-order valence-corrected chi connectivity index (χ0v) is 11.2. The topological polar surface area (TPSA) is 36.1 Å². The number of aromatic nitrogens is 1. The molecule has 2 rings (SSSR count). The van der Waals surface area contributed by atoms with Crippen LogP contribution in [-0.4, -0.2) is 29.4 Å². The van der Waals surface area contributed by atoms with Crippen LogP contribution in [-0.2, 0) is 0 Å². The molecule has 1 unspecified atom stereocenters. The molecule has 2 aromatic rings. The van der Waals surface area contributed by atoms with Gasteiger partial charge in [0.05, 0.1) is 0 Å². The Morgan fingerprint density at radius 2 is 2.17 bits per heavy atom. The molecule has 1 aromatic heterocycles. The summed E-state index contributed by atoms with van der Waals surface area (Å²) < 4.78 is 0. The van der Waals surface area contributed by atoms with Gasteiger partial charge in [-0.15, -0.1) is 0 Å². The van der Waals surface area contributed by atoms with Crippen LogP contribution in [0.2, 0.25) is 0 Å². The maximum Gasteiger partial charge on any atom is 0.253 e. The Bertz CT molecular complexity index is 544. The monoisotopic (exact) mass is 244 g/mol. The minimum Gasteiger partial charge on any atom is -0.361 e. The summed E-state index contributed by atoms with van der Waals surface area (Å²) in [4.78, 5) is 17.2. The highest BCUT2D eigenvalue weighted by Gasteiger charge is 2.14. The molecule has 1 aromatic carbocycles. The molecule has 0 aliphatic rings. The summed E-state index contributed by atoms with van der Waals surface area (Å²) in [5.41, 5.74) is 1.82. The van der Waals surface area contributed by atoms with E-state index in [0.29, 0.717) is 5.92 Å². The Kier molecular flexibility index (Phi) is 3.70. The molecule has 0 fully saturated rings. The molecule has 1 amide bonds. The van der Waals surface area contributed by atoms with Crippen LogP contribution in [0.4, 0.5) is 0 Å². The van der Waals surface area contributed by atoms with E-state index in [-0.39, 0.29) is 5.91 Å². The van der Waals surface area contributed by atoms with Crippen molar-refractivity contribution in [2.24, 2.45) is 5.92 Å². The first kappa shape index (κ1) is 12.7. The average Bonchev–Trinajstić information content (AvgIpc) is 2.84. The van der Waals surface area contributed by atoms with Gasteiger partial charge in [-0.25, -0.2) is 0 Å². The number of carbonyl (C=O) groups is 1. The van der Waals surface area contributed by atoms with E-state index >= 15 is 0 Å². The molecule has 0 saturated heterocycles. The fourth-order valence-electron chi connectivity index (χ4n) is 2.09. The Labute approximate surface area is 108 Å². The minimum absolute atomic E-state index is 0.0957. The zero-order chi connectivity index (χ0) is 13.1. The van der Waals surface area contributed by atoms with Gasteiger partial charge in [0, 0.05) is 36.3 Å². The van der Waals surface area contributed by atoms with E-state index in [4.69, 9.17) is 0 Å². The van der Waals surface area contributed by atoms with Crippen molar-refractivity contribution in [3.8, 4) is 0 Å².